The summed E-state index contributed by atoms with van der Waals surface area (Å²) in [5.74, 6) is 0.639. The van der Waals surface area contributed by atoms with Crippen molar-refractivity contribution >= 4 is 11.8 Å². The molecule has 0 saturated heterocycles. The average Bonchev–Trinajstić information content (AvgIpc) is 2.65. The number of aryl methyl sites for hydroxylation is 1. The van der Waals surface area contributed by atoms with Gasteiger partial charge in [-0.2, -0.15) is 0 Å². The molecule has 19 heavy (non-hydrogen) atoms. The molecule has 0 aliphatic rings. The average molecular weight is 268 g/mol. The van der Waals surface area contributed by atoms with E-state index in [2.05, 4.69) is 35.5 Å². The third kappa shape index (κ3) is 3.70. The van der Waals surface area contributed by atoms with E-state index < -0.39 is 5.97 Å². The Bertz CT molecular complexity index is 440. The van der Waals surface area contributed by atoms with E-state index in [0.29, 0.717) is 11.9 Å². The van der Waals surface area contributed by atoms with Gasteiger partial charge in [-0.05, 0) is 40.8 Å². The molecular formula is C13H24N4O2. The number of hydrogen-bond acceptors (Lipinski definition) is 5. The molecule has 108 valence electrons. The predicted octanol–water partition coefficient (Wildman–Crippen LogP) is 1.29. The minimum Gasteiger partial charge on any atom is -0.464 e. The Morgan fingerprint density at radius 3 is 2.68 bits per heavy atom. The molecule has 0 amide bonds. The van der Waals surface area contributed by atoms with Crippen molar-refractivity contribution in [2.45, 2.75) is 39.8 Å². The number of carbonyl (C=O) groups excluding carboxylic acids is 1. The van der Waals surface area contributed by atoms with Gasteiger partial charge in [0.05, 0.1) is 7.11 Å². The normalized spacial score (nSPS) is 11.3. The number of nitrogens with zero attached hydrogens (tertiary/aromatic N) is 3. The van der Waals surface area contributed by atoms with Gasteiger partial charge in [-0.15, -0.1) is 0 Å². The molecule has 0 atom stereocenters. The minimum atomic E-state index is -0.487. The van der Waals surface area contributed by atoms with E-state index in [0.717, 1.165) is 25.3 Å². The molecule has 2 N–H and O–H groups in total. The van der Waals surface area contributed by atoms with Crippen LogP contribution in [-0.4, -0.2) is 47.2 Å². The number of aromatic nitrogens is 2. The van der Waals surface area contributed by atoms with E-state index >= 15 is 0 Å². The molecule has 0 aromatic carbocycles. The Labute approximate surface area is 114 Å². The van der Waals surface area contributed by atoms with Crippen molar-refractivity contribution in [3.8, 4) is 0 Å². The number of nitrogen functional groups attached to an aromatic ring is 1. The minimum absolute atomic E-state index is 0.206. The Hall–Kier alpha value is -1.56. The van der Waals surface area contributed by atoms with E-state index in [1.807, 2.05) is 11.5 Å². The zero-order chi connectivity index (χ0) is 14.6. The first kappa shape index (κ1) is 15.5. The number of nitrogens with two attached hydrogens (primary N) is 1. The number of rotatable bonds is 6. The van der Waals surface area contributed by atoms with Crippen molar-refractivity contribution in [2.75, 3.05) is 26.4 Å². The summed E-state index contributed by atoms with van der Waals surface area (Å²) in [6.45, 7) is 7.88. The molecule has 1 aromatic heterocycles. The van der Waals surface area contributed by atoms with Gasteiger partial charge < -0.3 is 19.9 Å². The Morgan fingerprint density at radius 2 is 2.16 bits per heavy atom. The van der Waals surface area contributed by atoms with Gasteiger partial charge in [0.1, 0.15) is 11.6 Å². The molecular weight excluding hydrogens is 244 g/mol. The molecule has 0 unspecified atom stereocenters. The molecule has 6 nitrogen and oxygen atoms in total. The fraction of sp³-hybridized carbons (Fsp3) is 0.692. The highest BCUT2D eigenvalue weighted by atomic mass is 16.5. The maximum absolute atomic E-state index is 11.5. The van der Waals surface area contributed by atoms with E-state index in [1.165, 1.54) is 7.11 Å². The summed E-state index contributed by atoms with van der Waals surface area (Å²) in [4.78, 5) is 17.9. The molecule has 6 heteroatoms. The zero-order valence-corrected chi connectivity index (χ0v) is 12.4. The van der Waals surface area contributed by atoms with E-state index in [4.69, 9.17) is 5.73 Å². The molecule has 1 heterocycles. The molecule has 1 rings (SSSR count). The van der Waals surface area contributed by atoms with Crippen LogP contribution in [0.4, 0.5) is 5.82 Å². The predicted molar refractivity (Wildman–Crippen MR) is 75.1 cm³/mol. The fourth-order valence-electron chi connectivity index (χ4n) is 1.85. The van der Waals surface area contributed by atoms with E-state index in [-0.39, 0.29) is 5.69 Å². The van der Waals surface area contributed by atoms with Crippen LogP contribution >= 0.6 is 0 Å². The number of hydrogen-bond donors (Lipinski definition) is 1. The quantitative estimate of drug-likeness (QED) is 0.787. The number of carbonyl (C=O) groups is 1. The SMILES string of the molecule is COC(=O)c1nc(C)n(CCCN(C)C(C)C)c1N. The zero-order valence-electron chi connectivity index (χ0n) is 12.4. The lowest BCUT2D eigenvalue weighted by atomic mass is 10.3. The van der Waals surface area contributed by atoms with Crippen LogP contribution in [0.2, 0.25) is 0 Å². The van der Waals surface area contributed by atoms with E-state index in [1.54, 1.807) is 0 Å². The molecule has 0 aliphatic carbocycles. The maximum Gasteiger partial charge on any atom is 0.360 e. The number of ether oxygens (including phenoxy) is 1. The third-order valence-corrected chi connectivity index (χ3v) is 3.35. The van der Waals surface area contributed by atoms with Crippen molar-refractivity contribution < 1.29 is 9.53 Å². The van der Waals surface area contributed by atoms with Gasteiger partial charge in [-0.25, -0.2) is 9.78 Å². The first-order valence-electron chi connectivity index (χ1n) is 6.49. The van der Waals surface area contributed by atoms with Crippen molar-refractivity contribution in [3.05, 3.63) is 11.5 Å². The van der Waals surface area contributed by atoms with Crippen LogP contribution in [0.25, 0.3) is 0 Å². The molecule has 0 aliphatic heterocycles. The monoisotopic (exact) mass is 268 g/mol. The summed E-state index contributed by atoms with van der Waals surface area (Å²) >= 11 is 0. The fourth-order valence-corrected chi connectivity index (χ4v) is 1.85. The number of methoxy groups -OCH3 is 1. The summed E-state index contributed by atoms with van der Waals surface area (Å²) in [6, 6.07) is 0.520. The lowest BCUT2D eigenvalue weighted by molar-refractivity contribution is 0.0595. The first-order chi connectivity index (χ1) is 8.88. The van der Waals surface area contributed by atoms with Gasteiger partial charge in [0.2, 0.25) is 0 Å². The highest BCUT2D eigenvalue weighted by Crippen LogP contribution is 2.15. The highest BCUT2D eigenvalue weighted by molar-refractivity contribution is 5.92. The van der Waals surface area contributed by atoms with Gasteiger partial charge in [0.25, 0.3) is 0 Å². The maximum atomic E-state index is 11.5. The Morgan fingerprint density at radius 1 is 1.53 bits per heavy atom. The second kappa shape index (κ2) is 6.56. The smallest absolute Gasteiger partial charge is 0.360 e. The standard InChI is InChI=1S/C13H24N4O2/c1-9(2)16(4)7-6-8-17-10(3)15-11(12(17)14)13(18)19-5/h9H,6-8,14H2,1-5H3. The topological polar surface area (TPSA) is 73.4 Å². The molecule has 0 spiro atoms. The van der Waals surface area contributed by atoms with Gasteiger partial charge >= 0.3 is 5.97 Å². The van der Waals surface area contributed by atoms with Crippen LogP contribution in [0.3, 0.4) is 0 Å². The van der Waals surface area contributed by atoms with Crippen molar-refractivity contribution in [1.82, 2.24) is 14.5 Å². The Balaban J connectivity index is 2.69. The van der Waals surface area contributed by atoms with Crippen LogP contribution in [0.1, 0.15) is 36.6 Å². The summed E-state index contributed by atoms with van der Waals surface area (Å²) in [5.41, 5.74) is 6.15. The summed E-state index contributed by atoms with van der Waals surface area (Å²) in [5, 5.41) is 0. The molecule has 1 aromatic rings. The number of anilines is 1. The summed E-state index contributed by atoms with van der Waals surface area (Å²) in [7, 11) is 3.42. The first-order valence-corrected chi connectivity index (χ1v) is 6.49. The Kier molecular flexibility index (Phi) is 5.35. The largest absolute Gasteiger partial charge is 0.464 e. The summed E-state index contributed by atoms with van der Waals surface area (Å²) < 4.78 is 6.52. The van der Waals surface area contributed by atoms with Crippen molar-refractivity contribution in [2.24, 2.45) is 0 Å². The van der Waals surface area contributed by atoms with Gasteiger partial charge in [-0.1, -0.05) is 0 Å². The van der Waals surface area contributed by atoms with Crippen molar-refractivity contribution in [3.63, 3.8) is 0 Å². The van der Waals surface area contributed by atoms with Crippen LogP contribution in [0, 0.1) is 6.92 Å². The lowest BCUT2D eigenvalue weighted by Crippen LogP contribution is -2.28. The van der Waals surface area contributed by atoms with Crippen molar-refractivity contribution in [1.29, 1.82) is 0 Å². The van der Waals surface area contributed by atoms with Gasteiger partial charge in [-0.3, -0.25) is 0 Å². The van der Waals surface area contributed by atoms with Crippen LogP contribution < -0.4 is 5.73 Å². The number of imidazole rings is 1. The van der Waals surface area contributed by atoms with Crippen LogP contribution in [-0.2, 0) is 11.3 Å². The second-order valence-electron chi connectivity index (χ2n) is 4.96. The summed E-state index contributed by atoms with van der Waals surface area (Å²) in [6.07, 6.45) is 0.955. The molecule has 0 saturated carbocycles. The van der Waals surface area contributed by atoms with Gasteiger partial charge in [0, 0.05) is 12.6 Å². The van der Waals surface area contributed by atoms with Crippen LogP contribution in [0.15, 0.2) is 0 Å². The van der Waals surface area contributed by atoms with Gasteiger partial charge in [0.15, 0.2) is 5.69 Å². The van der Waals surface area contributed by atoms with E-state index in [9.17, 15) is 4.79 Å². The molecule has 0 radical (unpaired) electrons. The molecule has 0 bridgehead atoms. The number of esters is 1. The highest BCUT2D eigenvalue weighted by Gasteiger charge is 2.18. The third-order valence-electron chi connectivity index (χ3n) is 3.35. The molecule has 0 fully saturated rings. The second-order valence-corrected chi connectivity index (χ2v) is 4.96. The lowest BCUT2D eigenvalue weighted by Gasteiger charge is -2.21. The van der Waals surface area contributed by atoms with Crippen LogP contribution in [0.5, 0.6) is 0 Å².